The monoisotopic (exact) mass is 383 g/mol. The van der Waals surface area contributed by atoms with Crippen molar-refractivity contribution in [3.05, 3.63) is 0 Å². The summed E-state index contributed by atoms with van der Waals surface area (Å²) in [7, 11) is 1.73. The molecule has 0 spiro atoms. The van der Waals surface area contributed by atoms with Crippen LogP contribution in [0.25, 0.3) is 0 Å². The van der Waals surface area contributed by atoms with Crippen LogP contribution in [0.4, 0.5) is 0 Å². The van der Waals surface area contributed by atoms with Gasteiger partial charge in [0, 0.05) is 26.3 Å². The molecule has 0 aliphatic heterocycles. The van der Waals surface area contributed by atoms with E-state index in [9.17, 15) is 0 Å². The molecule has 0 heterocycles. The number of nitrogens with zero attached hydrogens (tertiary/aromatic N) is 1. The van der Waals surface area contributed by atoms with Crippen LogP contribution >= 0.6 is 24.0 Å². The Morgan fingerprint density at radius 2 is 1.95 bits per heavy atom. The molecule has 0 aromatic rings. The van der Waals surface area contributed by atoms with Gasteiger partial charge in [-0.1, -0.05) is 33.1 Å². The minimum atomic E-state index is 0. The number of hydrogen-bond donors (Lipinski definition) is 2. The van der Waals surface area contributed by atoms with Crippen molar-refractivity contribution in [3.8, 4) is 0 Å². The molecule has 1 rings (SSSR count). The van der Waals surface area contributed by atoms with Gasteiger partial charge in [-0.25, -0.2) is 0 Å². The number of hydrogen-bond acceptors (Lipinski definition) is 2. The van der Waals surface area contributed by atoms with E-state index in [0.29, 0.717) is 12.0 Å². The highest BCUT2D eigenvalue weighted by Crippen LogP contribution is 2.20. The number of methoxy groups -OCH3 is 1. The largest absolute Gasteiger partial charge is 0.385 e. The zero-order valence-corrected chi connectivity index (χ0v) is 14.9. The van der Waals surface area contributed by atoms with Gasteiger partial charge in [-0.2, -0.15) is 0 Å². The maximum Gasteiger partial charge on any atom is 0.188 e. The molecule has 0 radical (unpaired) electrons. The number of nitrogens with two attached hydrogens (primary N) is 1. The predicted octanol–water partition coefficient (Wildman–Crippen LogP) is 2.90. The molecule has 4 nitrogen and oxygen atoms in total. The molecule has 0 amide bonds. The Bertz CT molecular complexity index is 263. The van der Waals surface area contributed by atoms with E-state index < -0.39 is 0 Å². The van der Waals surface area contributed by atoms with E-state index in [2.05, 4.69) is 24.2 Å². The van der Waals surface area contributed by atoms with E-state index in [1.807, 2.05) is 0 Å². The first-order chi connectivity index (χ1) is 8.53. The van der Waals surface area contributed by atoms with Crippen LogP contribution < -0.4 is 11.1 Å². The van der Waals surface area contributed by atoms with Crippen molar-refractivity contribution in [2.24, 2.45) is 16.1 Å². The van der Waals surface area contributed by atoms with Crippen molar-refractivity contribution in [2.75, 3.05) is 20.3 Å². The topological polar surface area (TPSA) is 59.6 Å². The Balaban J connectivity index is 0.00000324. The van der Waals surface area contributed by atoms with Gasteiger partial charge in [0.2, 0.25) is 0 Å². The van der Waals surface area contributed by atoms with Gasteiger partial charge in [-0.05, 0) is 24.7 Å². The first kappa shape index (κ1) is 19.0. The number of rotatable bonds is 6. The fourth-order valence-corrected chi connectivity index (χ4v) is 2.26. The second-order valence-corrected chi connectivity index (χ2v) is 6.09. The summed E-state index contributed by atoms with van der Waals surface area (Å²) in [6, 6.07) is 0.532. The first-order valence-corrected chi connectivity index (χ1v) is 7.09. The average Bonchev–Trinajstić information content (AvgIpc) is 2.36. The summed E-state index contributed by atoms with van der Waals surface area (Å²) in [6.07, 6.45) is 7.43. The molecule has 5 heteroatoms. The summed E-state index contributed by atoms with van der Waals surface area (Å²) in [5.41, 5.74) is 6.10. The predicted molar refractivity (Wildman–Crippen MR) is 92.2 cm³/mol. The smallest absolute Gasteiger partial charge is 0.188 e. The second-order valence-electron chi connectivity index (χ2n) is 6.09. The molecule has 1 aliphatic carbocycles. The summed E-state index contributed by atoms with van der Waals surface area (Å²) >= 11 is 0. The van der Waals surface area contributed by atoms with Crippen LogP contribution in [-0.2, 0) is 4.74 Å². The van der Waals surface area contributed by atoms with Crippen LogP contribution in [-0.4, -0.2) is 32.3 Å². The van der Waals surface area contributed by atoms with E-state index in [1.54, 1.807) is 7.11 Å². The minimum absolute atomic E-state index is 0. The minimum Gasteiger partial charge on any atom is -0.385 e. The highest BCUT2D eigenvalue weighted by Gasteiger charge is 2.18. The van der Waals surface area contributed by atoms with Gasteiger partial charge >= 0.3 is 0 Å². The molecular formula is C14H30IN3O. The molecule has 3 N–H and O–H groups in total. The summed E-state index contributed by atoms with van der Waals surface area (Å²) < 4.78 is 5.11. The van der Waals surface area contributed by atoms with Crippen molar-refractivity contribution in [3.63, 3.8) is 0 Å². The summed E-state index contributed by atoms with van der Waals surface area (Å²) in [5, 5.41) is 3.34. The number of ether oxygens (including phenoxy) is 1. The number of nitrogens with one attached hydrogen (secondary N) is 1. The lowest BCUT2D eigenvalue weighted by molar-refractivity contribution is 0.155. The van der Waals surface area contributed by atoms with Crippen molar-refractivity contribution < 1.29 is 4.74 Å². The van der Waals surface area contributed by atoms with E-state index in [-0.39, 0.29) is 29.4 Å². The fourth-order valence-electron chi connectivity index (χ4n) is 2.26. The maximum atomic E-state index is 5.95. The number of halogens is 1. The molecule has 1 aliphatic rings. The quantitative estimate of drug-likeness (QED) is 0.421. The SMILES string of the molecule is COCCC(C)(C)CN=C(N)NC1CCCCC1.I. The Morgan fingerprint density at radius 3 is 2.53 bits per heavy atom. The highest BCUT2D eigenvalue weighted by molar-refractivity contribution is 14.0. The lowest BCUT2D eigenvalue weighted by atomic mass is 9.90. The molecule has 1 fully saturated rings. The third-order valence-electron chi connectivity index (χ3n) is 3.62. The van der Waals surface area contributed by atoms with Crippen LogP contribution in [0.15, 0.2) is 4.99 Å². The van der Waals surface area contributed by atoms with Gasteiger partial charge in [0.1, 0.15) is 0 Å². The van der Waals surface area contributed by atoms with Gasteiger partial charge < -0.3 is 15.8 Å². The summed E-state index contributed by atoms with van der Waals surface area (Å²) in [4.78, 5) is 4.47. The van der Waals surface area contributed by atoms with E-state index >= 15 is 0 Å². The molecule has 0 atom stereocenters. The molecule has 0 saturated heterocycles. The Hall–Kier alpha value is -0.0400. The van der Waals surface area contributed by atoms with Crippen molar-refractivity contribution >= 4 is 29.9 Å². The van der Waals surface area contributed by atoms with Gasteiger partial charge in [0.25, 0.3) is 0 Å². The van der Waals surface area contributed by atoms with Crippen LogP contribution in [0, 0.1) is 5.41 Å². The zero-order chi connectivity index (χ0) is 13.4. The number of aliphatic imine (C=N–C) groups is 1. The van der Waals surface area contributed by atoms with Crippen LogP contribution in [0.3, 0.4) is 0 Å². The standard InChI is InChI=1S/C14H29N3O.HI/c1-14(2,9-10-18-3)11-16-13(15)17-12-7-5-4-6-8-12;/h12H,4-11H2,1-3H3,(H3,15,16,17);1H. The van der Waals surface area contributed by atoms with Crippen LogP contribution in [0.1, 0.15) is 52.4 Å². The summed E-state index contributed by atoms with van der Waals surface area (Å²) in [5.74, 6) is 0.604. The molecule has 0 aromatic carbocycles. The Labute approximate surface area is 135 Å². The Morgan fingerprint density at radius 1 is 1.32 bits per heavy atom. The summed E-state index contributed by atoms with van der Waals surface area (Å²) in [6.45, 7) is 5.92. The molecule has 0 aromatic heterocycles. The Kier molecular flexibility index (Phi) is 9.78. The lowest BCUT2D eigenvalue weighted by Crippen LogP contribution is -2.41. The molecule has 0 unspecified atom stereocenters. The van der Waals surface area contributed by atoms with Crippen molar-refractivity contribution in [1.29, 1.82) is 0 Å². The molecule has 114 valence electrons. The van der Waals surface area contributed by atoms with Gasteiger partial charge in [0.05, 0.1) is 0 Å². The van der Waals surface area contributed by atoms with Crippen LogP contribution in [0.5, 0.6) is 0 Å². The van der Waals surface area contributed by atoms with Gasteiger partial charge in [0.15, 0.2) is 5.96 Å². The lowest BCUT2D eigenvalue weighted by Gasteiger charge is -2.25. The second kappa shape index (κ2) is 9.80. The fraction of sp³-hybridized carbons (Fsp3) is 0.929. The first-order valence-electron chi connectivity index (χ1n) is 7.09. The van der Waals surface area contributed by atoms with Gasteiger partial charge in [-0.15, -0.1) is 24.0 Å². The maximum absolute atomic E-state index is 5.95. The molecule has 19 heavy (non-hydrogen) atoms. The number of guanidine groups is 1. The van der Waals surface area contributed by atoms with Gasteiger partial charge in [-0.3, -0.25) is 4.99 Å². The molecule has 0 bridgehead atoms. The average molecular weight is 383 g/mol. The van der Waals surface area contributed by atoms with Crippen LogP contribution in [0.2, 0.25) is 0 Å². The van der Waals surface area contributed by atoms with E-state index in [0.717, 1.165) is 19.6 Å². The van der Waals surface area contributed by atoms with Crippen molar-refractivity contribution in [2.45, 2.75) is 58.4 Å². The zero-order valence-electron chi connectivity index (χ0n) is 12.6. The molecule has 1 saturated carbocycles. The van der Waals surface area contributed by atoms with Crippen molar-refractivity contribution in [1.82, 2.24) is 5.32 Å². The normalized spacial score (nSPS) is 17.9. The third kappa shape index (κ3) is 8.68. The highest BCUT2D eigenvalue weighted by atomic mass is 127. The van der Waals surface area contributed by atoms with E-state index in [4.69, 9.17) is 10.5 Å². The molecular weight excluding hydrogens is 353 g/mol. The van der Waals surface area contributed by atoms with E-state index in [1.165, 1.54) is 32.1 Å². The third-order valence-corrected chi connectivity index (χ3v) is 3.62.